The zero-order valence-corrected chi connectivity index (χ0v) is 16.6. The number of hydrogen-bond donors (Lipinski definition) is 0. The van der Waals surface area contributed by atoms with E-state index in [2.05, 4.69) is 6.07 Å². The maximum atomic E-state index is 13.2. The summed E-state index contributed by atoms with van der Waals surface area (Å²) in [6, 6.07) is 22.6. The first-order chi connectivity index (χ1) is 14.0. The Kier molecular flexibility index (Phi) is 5.17. The van der Waals surface area contributed by atoms with Crippen molar-refractivity contribution >= 4 is 17.6 Å². The number of anilines is 1. The lowest BCUT2D eigenvalue weighted by Gasteiger charge is -2.36. The first kappa shape index (κ1) is 18.9. The van der Waals surface area contributed by atoms with E-state index in [0.29, 0.717) is 11.3 Å². The molecule has 3 aromatic rings. The number of aryl methyl sites for hydroxylation is 2. The van der Waals surface area contributed by atoms with Gasteiger partial charge in [0, 0.05) is 12.0 Å². The van der Waals surface area contributed by atoms with E-state index < -0.39 is 6.09 Å². The fourth-order valence-electron chi connectivity index (χ4n) is 3.95. The summed E-state index contributed by atoms with van der Waals surface area (Å²) in [5.74, 6) is 0.0388. The van der Waals surface area contributed by atoms with E-state index in [1.807, 2.05) is 74.5 Å². The molecule has 1 aliphatic heterocycles. The van der Waals surface area contributed by atoms with Crippen LogP contribution >= 0.6 is 0 Å². The fourth-order valence-corrected chi connectivity index (χ4v) is 3.95. The molecule has 0 radical (unpaired) electrons. The molecule has 0 bridgehead atoms. The largest absolute Gasteiger partial charge is 0.444 e. The Hall–Kier alpha value is -3.40. The maximum absolute atomic E-state index is 13.2. The number of hydrogen-bond acceptors (Lipinski definition) is 3. The highest BCUT2D eigenvalue weighted by Gasteiger charge is 2.37. The number of ether oxygens (including phenoxy) is 1. The molecule has 0 aliphatic carbocycles. The van der Waals surface area contributed by atoms with Gasteiger partial charge in [-0.15, -0.1) is 0 Å². The summed E-state index contributed by atoms with van der Waals surface area (Å²) in [4.78, 5) is 27.6. The number of carbonyl (C=O) groups excluding carboxylic acids is 2. The molecule has 1 aliphatic rings. The van der Waals surface area contributed by atoms with Gasteiger partial charge in [0.2, 0.25) is 0 Å². The van der Waals surface area contributed by atoms with Gasteiger partial charge in [0.1, 0.15) is 6.61 Å². The molecule has 0 spiro atoms. The van der Waals surface area contributed by atoms with Gasteiger partial charge in [-0.1, -0.05) is 71.8 Å². The number of nitrogens with zero attached hydrogens (tertiary/aromatic N) is 1. The molecule has 0 N–H and O–H groups in total. The van der Waals surface area contributed by atoms with E-state index in [-0.39, 0.29) is 24.9 Å². The molecule has 0 saturated heterocycles. The molecular weight excluding hydrogens is 362 g/mol. The van der Waals surface area contributed by atoms with E-state index in [1.54, 1.807) is 11.0 Å². The molecule has 0 unspecified atom stereocenters. The lowest BCUT2D eigenvalue weighted by Crippen LogP contribution is -2.40. The summed E-state index contributed by atoms with van der Waals surface area (Å²) < 4.78 is 5.65. The highest BCUT2D eigenvalue weighted by molar-refractivity contribution is 6.08. The molecule has 4 rings (SSSR count). The fraction of sp³-hybridized carbons (Fsp3) is 0.200. The van der Waals surface area contributed by atoms with Crippen LogP contribution in [0.25, 0.3) is 0 Å². The van der Waals surface area contributed by atoms with E-state index in [1.165, 1.54) is 0 Å². The van der Waals surface area contributed by atoms with Crippen LogP contribution in [0.1, 0.15) is 45.1 Å². The molecular formula is C25H23NO3. The minimum Gasteiger partial charge on any atom is -0.444 e. The second-order valence-electron chi connectivity index (χ2n) is 7.49. The molecule has 146 valence electrons. The molecule has 4 heteroatoms. The van der Waals surface area contributed by atoms with E-state index in [0.717, 1.165) is 22.3 Å². The molecule has 0 saturated carbocycles. The third-order valence-electron chi connectivity index (χ3n) is 5.19. The minimum atomic E-state index is -0.446. The van der Waals surface area contributed by atoms with E-state index >= 15 is 0 Å². The predicted octanol–water partition coefficient (Wildman–Crippen LogP) is 5.77. The summed E-state index contributed by atoms with van der Waals surface area (Å²) in [5.41, 5.74) is 5.23. The zero-order chi connectivity index (χ0) is 20.4. The Balaban J connectivity index is 1.71. The molecule has 1 atom stereocenters. The lowest BCUT2D eigenvalue weighted by molar-refractivity contribution is 0.0961. The van der Waals surface area contributed by atoms with Crippen molar-refractivity contribution in [3.05, 3.63) is 101 Å². The van der Waals surface area contributed by atoms with E-state index in [4.69, 9.17) is 4.74 Å². The minimum absolute atomic E-state index is 0.0388. The van der Waals surface area contributed by atoms with Crippen LogP contribution in [-0.4, -0.2) is 11.9 Å². The number of para-hydroxylation sites is 1. The van der Waals surface area contributed by atoms with Gasteiger partial charge in [0.05, 0.1) is 11.7 Å². The van der Waals surface area contributed by atoms with E-state index in [9.17, 15) is 9.59 Å². The highest BCUT2D eigenvalue weighted by atomic mass is 16.6. The van der Waals surface area contributed by atoms with Crippen molar-refractivity contribution in [2.24, 2.45) is 0 Å². The van der Waals surface area contributed by atoms with Crippen LogP contribution in [0.2, 0.25) is 0 Å². The Bertz CT molecular complexity index is 1040. The van der Waals surface area contributed by atoms with Crippen molar-refractivity contribution in [2.45, 2.75) is 32.9 Å². The average molecular weight is 385 g/mol. The number of carbonyl (C=O) groups is 2. The van der Waals surface area contributed by atoms with Crippen LogP contribution in [0, 0.1) is 13.8 Å². The SMILES string of the molecule is Cc1cc(C)cc([C@H]2CC(=O)c3ccccc3N2C(=O)OCc2ccccc2)c1. The van der Waals surface area contributed by atoms with Crippen molar-refractivity contribution in [1.29, 1.82) is 0 Å². The zero-order valence-electron chi connectivity index (χ0n) is 16.6. The monoisotopic (exact) mass is 385 g/mol. The number of ketones is 1. The first-order valence-electron chi connectivity index (χ1n) is 9.73. The maximum Gasteiger partial charge on any atom is 0.415 e. The van der Waals surface area contributed by atoms with Crippen molar-refractivity contribution in [3.63, 3.8) is 0 Å². The summed E-state index contributed by atoms with van der Waals surface area (Å²) in [6.45, 7) is 4.23. The second-order valence-corrected chi connectivity index (χ2v) is 7.49. The first-order valence-corrected chi connectivity index (χ1v) is 9.73. The van der Waals surface area contributed by atoms with Crippen molar-refractivity contribution in [3.8, 4) is 0 Å². The summed E-state index contributed by atoms with van der Waals surface area (Å²) in [7, 11) is 0. The quantitative estimate of drug-likeness (QED) is 0.575. The van der Waals surface area contributed by atoms with Crippen LogP contribution in [-0.2, 0) is 11.3 Å². The van der Waals surface area contributed by atoms with Crippen LogP contribution in [0.3, 0.4) is 0 Å². The molecule has 1 amide bonds. The number of amides is 1. The molecule has 0 aromatic heterocycles. The van der Waals surface area contributed by atoms with Gasteiger partial charge in [0.25, 0.3) is 0 Å². The molecule has 1 heterocycles. The van der Waals surface area contributed by atoms with Gasteiger partial charge in [0.15, 0.2) is 5.78 Å². The Morgan fingerprint density at radius 1 is 0.966 bits per heavy atom. The smallest absolute Gasteiger partial charge is 0.415 e. The number of benzene rings is 3. The molecule has 3 aromatic carbocycles. The van der Waals surface area contributed by atoms with Gasteiger partial charge in [-0.2, -0.15) is 0 Å². The van der Waals surface area contributed by atoms with Gasteiger partial charge >= 0.3 is 6.09 Å². The lowest BCUT2D eigenvalue weighted by atomic mass is 9.89. The van der Waals surface area contributed by atoms with Crippen molar-refractivity contribution < 1.29 is 14.3 Å². The van der Waals surface area contributed by atoms with Crippen molar-refractivity contribution in [1.82, 2.24) is 0 Å². The standard InChI is InChI=1S/C25H23NO3/c1-17-12-18(2)14-20(13-17)23-15-24(27)21-10-6-7-11-22(21)26(23)25(28)29-16-19-8-4-3-5-9-19/h3-14,23H,15-16H2,1-2H3/t23-/m1/s1. The van der Waals surface area contributed by atoms with Gasteiger partial charge in [-0.3, -0.25) is 9.69 Å². The van der Waals surface area contributed by atoms with Crippen LogP contribution in [0.15, 0.2) is 72.8 Å². The summed E-state index contributed by atoms with van der Waals surface area (Å²) in [5, 5.41) is 0. The third-order valence-corrected chi connectivity index (χ3v) is 5.19. The van der Waals surface area contributed by atoms with Gasteiger partial charge in [-0.05, 0) is 37.1 Å². The molecule has 4 nitrogen and oxygen atoms in total. The number of rotatable bonds is 3. The summed E-state index contributed by atoms with van der Waals surface area (Å²) >= 11 is 0. The average Bonchev–Trinajstić information content (AvgIpc) is 2.72. The topological polar surface area (TPSA) is 46.6 Å². The molecule has 0 fully saturated rings. The predicted molar refractivity (Wildman–Crippen MR) is 113 cm³/mol. The van der Waals surface area contributed by atoms with Crippen LogP contribution < -0.4 is 4.90 Å². The van der Waals surface area contributed by atoms with Crippen molar-refractivity contribution in [2.75, 3.05) is 4.90 Å². The Labute approximate surface area is 170 Å². The highest BCUT2D eigenvalue weighted by Crippen LogP contribution is 2.39. The van der Waals surface area contributed by atoms with Gasteiger partial charge < -0.3 is 4.74 Å². The summed E-state index contributed by atoms with van der Waals surface area (Å²) in [6.07, 6.45) is -0.210. The van der Waals surface area contributed by atoms with Gasteiger partial charge in [-0.25, -0.2) is 4.79 Å². The number of Topliss-reactive ketones (excluding diaryl/α,β-unsaturated/α-hetero) is 1. The number of fused-ring (bicyclic) bond motifs is 1. The van der Waals surface area contributed by atoms with Crippen LogP contribution in [0.4, 0.5) is 10.5 Å². The Morgan fingerprint density at radius 3 is 2.34 bits per heavy atom. The third kappa shape index (κ3) is 3.92. The second kappa shape index (κ2) is 7.92. The van der Waals surface area contributed by atoms with Crippen LogP contribution in [0.5, 0.6) is 0 Å². The normalized spacial score (nSPS) is 15.7. The molecule has 29 heavy (non-hydrogen) atoms. The Morgan fingerprint density at radius 2 is 1.62 bits per heavy atom.